The molecule has 0 heterocycles. The lowest BCUT2D eigenvalue weighted by Gasteiger charge is -2.18. The van der Waals surface area contributed by atoms with Crippen LogP contribution in [0.15, 0.2) is 77.7 Å². The molecule has 7 nitrogen and oxygen atoms in total. The van der Waals surface area contributed by atoms with E-state index in [1.807, 2.05) is 31.2 Å². The van der Waals surface area contributed by atoms with Crippen LogP contribution in [0.4, 0.5) is 5.69 Å². The number of rotatable bonds is 9. The van der Waals surface area contributed by atoms with Gasteiger partial charge < -0.3 is 14.8 Å². The van der Waals surface area contributed by atoms with Gasteiger partial charge in [-0.2, -0.15) is 0 Å². The van der Waals surface area contributed by atoms with E-state index >= 15 is 0 Å². The largest absolute Gasteiger partial charge is 0.496 e. The second-order valence-corrected chi connectivity index (χ2v) is 8.90. The summed E-state index contributed by atoms with van der Waals surface area (Å²) < 4.78 is 38.7. The highest BCUT2D eigenvalue weighted by molar-refractivity contribution is 7.92. The molecule has 0 spiro atoms. The Morgan fingerprint density at radius 1 is 0.969 bits per heavy atom. The molecule has 1 amide bonds. The van der Waals surface area contributed by atoms with Gasteiger partial charge in [0.15, 0.2) is 6.61 Å². The van der Waals surface area contributed by atoms with E-state index in [0.29, 0.717) is 22.7 Å². The molecule has 0 fully saturated rings. The normalized spacial score (nSPS) is 12.0. The molecule has 0 saturated heterocycles. The zero-order valence-corrected chi connectivity index (χ0v) is 19.0. The van der Waals surface area contributed by atoms with Gasteiger partial charge >= 0.3 is 0 Å². The van der Waals surface area contributed by atoms with Crippen LogP contribution >= 0.6 is 0 Å². The average Bonchev–Trinajstić information content (AvgIpc) is 2.78. The second-order valence-electron chi connectivity index (χ2n) is 7.22. The maximum atomic E-state index is 12.6. The third kappa shape index (κ3) is 5.79. The Kier molecular flexibility index (Phi) is 7.37. The van der Waals surface area contributed by atoms with Crippen LogP contribution < -0.4 is 19.5 Å². The number of para-hydroxylation sites is 2. The lowest BCUT2D eigenvalue weighted by Crippen LogP contribution is -2.31. The standard InChI is InChI=1S/C24H26N2O5S/c1-17-15-20(32(28,29)26-19-9-5-4-6-10-19)13-14-22(17)31-16-24(27)25-18(2)21-11-7-8-12-23(21)30-3/h4-15,18,26H,16H2,1-3H3,(H,25,27)/t18-/m0/s1. The number of benzene rings is 3. The van der Waals surface area contributed by atoms with E-state index < -0.39 is 10.0 Å². The molecule has 3 aromatic rings. The van der Waals surface area contributed by atoms with E-state index in [9.17, 15) is 13.2 Å². The Bertz CT molecular complexity index is 1180. The number of amides is 1. The summed E-state index contributed by atoms with van der Waals surface area (Å²) in [6.07, 6.45) is 0. The summed E-state index contributed by atoms with van der Waals surface area (Å²) >= 11 is 0. The summed E-state index contributed by atoms with van der Waals surface area (Å²) in [4.78, 5) is 12.5. The number of carbonyl (C=O) groups excluding carboxylic acids is 1. The first-order valence-corrected chi connectivity index (χ1v) is 11.5. The van der Waals surface area contributed by atoms with Gasteiger partial charge in [-0.1, -0.05) is 36.4 Å². The maximum Gasteiger partial charge on any atom is 0.261 e. The van der Waals surface area contributed by atoms with E-state index in [0.717, 1.165) is 5.56 Å². The Morgan fingerprint density at radius 3 is 2.34 bits per heavy atom. The number of hydrogen-bond acceptors (Lipinski definition) is 5. The first kappa shape index (κ1) is 23.1. The van der Waals surface area contributed by atoms with Crippen LogP contribution in [-0.4, -0.2) is 28.0 Å². The molecule has 0 aliphatic carbocycles. The van der Waals surface area contributed by atoms with E-state index in [1.54, 1.807) is 50.4 Å². The smallest absolute Gasteiger partial charge is 0.261 e. The maximum absolute atomic E-state index is 12.6. The third-order valence-corrected chi connectivity index (χ3v) is 6.20. The Labute approximate surface area is 188 Å². The number of methoxy groups -OCH3 is 1. The molecule has 0 unspecified atom stereocenters. The Hall–Kier alpha value is -3.52. The van der Waals surface area contributed by atoms with E-state index in [-0.39, 0.29) is 23.5 Å². The minimum absolute atomic E-state index is 0.112. The molecular formula is C24H26N2O5S. The molecule has 0 bridgehead atoms. The van der Waals surface area contributed by atoms with Crippen molar-refractivity contribution < 1.29 is 22.7 Å². The summed E-state index contributed by atoms with van der Waals surface area (Å²) in [7, 11) is -2.15. The molecular weight excluding hydrogens is 428 g/mol. The molecule has 1 atom stereocenters. The highest BCUT2D eigenvalue weighted by Gasteiger charge is 2.17. The van der Waals surface area contributed by atoms with E-state index in [1.165, 1.54) is 12.1 Å². The number of aryl methyl sites for hydroxylation is 1. The lowest BCUT2D eigenvalue weighted by atomic mass is 10.1. The van der Waals surface area contributed by atoms with Crippen molar-refractivity contribution in [1.29, 1.82) is 0 Å². The van der Waals surface area contributed by atoms with Crippen molar-refractivity contribution in [2.45, 2.75) is 24.8 Å². The fraction of sp³-hybridized carbons (Fsp3) is 0.208. The fourth-order valence-electron chi connectivity index (χ4n) is 3.20. The number of hydrogen-bond donors (Lipinski definition) is 2. The summed E-state index contributed by atoms with van der Waals surface area (Å²) in [5.74, 6) is 0.826. The van der Waals surface area contributed by atoms with Gasteiger partial charge in [-0.15, -0.1) is 0 Å². The first-order valence-electron chi connectivity index (χ1n) is 10.0. The Morgan fingerprint density at radius 2 is 1.66 bits per heavy atom. The van der Waals surface area contributed by atoms with Crippen molar-refractivity contribution in [3.63, 3.8) is 0 Å². The highest BCUT2D eigenvalue weighted by atomic mass is 32.2. The molecule has 0 radical (unpaired) electrons. The molecule has 32 heavy (non-hydrogen) atoms. The van der Waals surface area contributed by atoms with E-state index in [4.69, 9.17) is 9.47 Å². The highest BCUT2D eigenvalue weighted by Crippen LogP contribution is 2.25. The van der Waals surface area contributed by atoms with Crippen LogP contribution in [-0.2, 0) is 14.8 Å². The van der Waals surface area contributed by atoms with Gasteiger partial charge in [-0.25, -0.2) is 8.42 Å². The van der Waals surface area contributed by atoms with Gasteiger partial charge in [-0.05, 0) is 55.8 Å². The van der Waals surface area contributed by atoms with Crippen LogP contribution in [0, 0.1) is 6.92 Å². The topological polar surface area (TPSA) is 93.7 Å². The second kappa shape index (κ2) is 10.2. The van der Waals surface area contributed by atoms with Crippen molar-refractivity contribution in [3.05, 3.63) is 83.9 Å². The van der Waals surface area contributed by atoms with Crippen molar-refractivity contribution >= 4 is 21.6 Å². The minimum atomic E-state index is -3.73. The van der Waals surface area contributed by atoms with Gasteiger partial charge in [0.05, 0.1) is 18.0 Å². The van der Waals surface area contributed by atoms with Crippen molar-refractivity contribution in [3.8, 4) is 11.5 Å². The van der Waals surface area contributed by atoms with Gasteiger partial charge in [0.1, 0.15) is 11.5 Å². The fourth-order valence-corrected chi connectivity index (χ4v) is 4.34. The number of nitrogens with one attached hydrogen (secondary N) is 2. The van der Waals surface area contributed by atoms with Crippen LogP contribution in [0.1, 0.15) is 24.1 Å². The van der Waals surface area contributed by atoms with Crippen LogP contribution in [0.5, 0.6) is 11.5 Å². The number of sulfonamides is 1. The summed E-state index contributed by atoms with van der Waals surface area (Å²) in [5, 5.41) is 2.87. The molecule has 168 valence electrons. The molecule has 0 aromatic heterocycles. The quantitative estimate of drug-likeness (QED) is 0.509. The summed E-state index contributed by atoms with van der Waals surface area (Å²) in [6.45, 7) is 3.39. The molecule has 3 aromatic carbocycles. The third-order valence-electron chi connectivity index (χ3n) is 4.82. The molecule has 0 aliphatic heterocycles. The average molecular weight is 455 g/mol. The molecule has 0 saturated carbocycles. The summed E-state index contributed by atoms with van der Waals surface area (Å²) in [5.41, 5.74) is 1.94. The van der Waals surface area contributed by atoms with Crippen LogP contribution in [0.25, 0.3) is 0 Å². The monoisotopic (exact) mass is 454 g/mol. The predicted molar refractivity (Wildman–Crippen MR) is 123 cm³/mol. The van der Waals surface area contributed by atoms with Crippen LogP contribution in [0.3, 0.4) is 0 Å². The van der Waals surface area contributed by atoms with Crippen molar-refractivity contribution in [2.75, 3.05) is 18.4 Å². The van der Waals surface area contributed by atoms with Gasteiger partial charge in [0.2, 0.25) is 0 Å². The lowest BCUT2D eigenvalue weighted by molar-refractivity contribution is -0.123. The number of ether oxygens (including phenoxy) is 2. The SMILES string of the molecule is COc1ccccc1[C@H](C)NC(=O)COc1ccc(S(=O)(=O)Nc2ccccc2)cc1C. The zero-order valence-electron chi connectivity index (χ0n) is 18.2. The van der Waals surface area contributed by atoms with Gasteiger partial charge in [-0.3, -0.25) is 9.52 Å². The first-order chi connectivity index (χ1) is 15.3. The number of carbonyl (C=O) groups is 1. The van der Waals surface area contributed by atoms with Crippen molar-refractivity contribution in [1.82, 2.24) is 5.32 Å². The molecule has 2 N–H and O–H groups in total. The van der Waals surface area contributed by atoms with Crippen LogP contribution in [0.2, 0.25) is 0 Å². The van der Waals surface area contributed by atoms with Gasteiger partial charge in [0.25, 0.3) is 15.9 Å². The van der Waals surface area contributed by atoms with Gasteiger partial charge in [0, 0.05) is 11.3 Å². The van der Waals surface area contributed by atoms with E-state index in [2.05, 4.69) is 10.0 Å². The molecule has 8 heteroatoms. The molecule has 3 rings (SSSR count). The van der Waals surface area contributed by atoms with Crippen molar-refractivity contribution in [2.24, 2.45) is 0 Å². The Balaban J connectivity index is 1.61. The molecule has 0 aliphatic rings. The minimum Gasteiger partial charge on any atom is -0.496 e. The number of anilines is 1. The summed E-state index contributed by atoms with van der Waals surface area (Å²) in [6, 6.07) is 20.4. The predicted octanol–water partition coefficient (Wildman–Crippen LogP) is 4.06. The zero-order chi connectivity index (χ0) is 23.1.